The van der Waals surface area contributed by atoms with Crippen molar-refractivity contribution in [2.75, 3.05) is 7.05 Å². The Hall–Kier alpha value is -4.02. The molecule has 0 spiro atoms. The fourth-order valence-electron chi connectivity index (χ4n) is 3.82. The van der Waals surface area contributed by atoms with Gasteiger partial charge in [-0.15, -0.1) is 0 Å². The molecule has 9 nitrogen and oxygen atoms in total. The summed E-state index contributed by atoms with van der Waals surface area (Å²) in [5, 5.41) is 14.3. The zero-order valence-electron chi connectivity index (χ0n) is 21.0. The van der Waals surface area contributed by atoms with Gasteiger partial charge in [0, 0.05) is 29.7 Å². The van der Waals surface area contributed by atoms with Crippen molar-refractivity contribution >= 4 is 38.4 Å². The van der Waals surface area contributed by atoms with Crippen LogP contribution in [-0.2, 0) is 14.4 Å². The summed E-state index contributed by atoms with van der Waals surface area (Å²) in [4.78, 5) is 34.3. The average Bonchev–Trinajstić information content (AvgIpc) is 3.32. The molecule has 2 unspecified atom stereocenters. The van der Waals surface area contributed by atoms with Gasteiger partial charge < -0.3 is 15.2 Å². The van der Waals surface area contributed by atoms with Crippen LogP contribution in [0.5, 0.6) is 0 Å². The van der Waals surface area contributed by atoms with Gasteiger partial charge >= 0.3 is 5.97 Å². The zero-order valence-corrected chi connectivity index (χ0v) is 21.8. The summed E-state index contributed by atoms with van der Waals surface area (Å²) in [5.41, 5.74) is 0.0383. The third-order valence-corrected chi connectivity index (χ3v) is 7.48. The normalized spacial score (nSPS) is 14.1. The van der Waals surface area contributed by atoms with E-state index in [0.717, 1.165) is 0 Å². The van der Waals surface area contributed by atoms with E-state index >= 15 is 0 Å². The molecule has 2 N–H and O–H groups in total. The second kappa shape index (κ2) is 9.79. The number of carbonyl (C=O) groups excluding carboxylic acids is 2. The fourth-order valence-corrected chi connectivity index (χ4v) is 5.36. The number of nitrogens with one attached hydrogen (secondary N) is 1. The molecule has 192 valence electrons. The minimum Gasteiger partial charge on any atom is -0.456 e. The van der Waals surface area contributed by atoms with Crippen LogP contribution in [0.3, 0.4) is 0 Å². The predicted molar refractivity (Wildman–Crippen MR) is 142 cm³/mol. The Morgan fingerprint density at radius 1 is 1.14 bits per heavy atom. The number of hydrogen-bond acceptors (Lipinski definition) is 7. The van der Waals surface area contributed by atoms with Gasteiger partial charge in [-0.2, -0.15) is 0 Å². The molecule has 0 saturated heterocycles. The van der Waals surface area contributed by atoms with E-state index in [1.54, 1.807) is 67.3 Å². The number of rotatable bonds is 6. The number of ether oxygens (including phenoxy) is 1. The molecule has 3 aromatic heterocycles. The lowest BCUT2D eigenvalue weighted by atomic mass is 10.0. The van der Waals surface area contributed by atoms with Crippen molar-refractivity contribution in [3.63, 3.8) is 0 Å². The van der Waals surface area contributed by atoms with Gasteiger partial charge in [-0.1, -0.05) is 18.2 Å². The van der Waals surface area contributed by atoms with Crippen molar-refractivity contribution < 1.29 is 23.6 Å². The molecule has 37 heavy (non-hydrogen) atoms. The number of amides is 1. The number of carbonyl (C=O) groups is 2. The number of hydrogen-bond donors (Lipinski definition) is 2. The Morgan fingerprint density at radius 2 is 1.84 bits per heavy atom. The van der Waals surface area contributed by atoms with Gasteiger partial charge in [0.2, 0.25) is 0 Å². The van der Waals surface area contributed by atoms with E-state index in [4.69, 9.17) is 4.74 Å². The first-order valence-corrected chi connectivity index (χ1v) is 13.1. The van der Waals surface area contributed by atoms with Gasteiger partial charge in [0.15, 0.2) is 0 Å². The van der Waals surface area contributed by atoms with Gasteiger partial charge in [0.25, 0.3) is 5.91 Å². The summed E-state index contributed by atoms with van der Waals surface area (Å²) in [5.74, 6) is 2.77. The highest BCUT2D eigenvalue weighted by atomic mass is 32.2. The molecule has 0 aliphatic carbocycles. The smallest absolute Gasteiger partial charge is 0.338 e. The number of aliphatic hydroxyl groups excluding tert-OH is 1. The summed E-state index contributed by atoms with van der Waals surface area (Å²) in [6.45, 7) is 5.19. The maximum absolute atomic E-state index is 13.7. The minimum absolute atomic E-state index is 0.0353. The van der Waals surface area contributed by atoms with Gasteiger partial charge in [-0.05, 0) is 63.0 Å². The van der Waals surface area contributed by atoms with E-state index in [9.17, 15) is 18.9 Å². The first-order valence-electron chi connectivity index (χ1n) is 11.5. The number of fused-ring (bicyclic) bond motifs is 1. The molecular formula is C27H28N4O5S. The molecule has 0 aliphatic rings. The van der Waals surface area contributed by atoms with E-state index in [0.29, 0.717) is 15.8 Å². The lowest BCUT2D eigenvalue weighted by molar-refractivity contribution is 0.00690. The van der Waals surface area contributed by atoms with E-state index in [1.165, 1.54) is 25.4 Å². The molecule has 3 heterocycles. The molecular weight excluding hydrogens is 492 g/mol. The maximum Gasteiger partial charge on any atom is 0.338 e. The number of esters is 1. The molecule has 1 amide bonds. The minimum atomic E-state index is -2.91. The van der Waals surface area contributed by atoms with Gasteiger partial charge in [-0.3, -0.25) is 13.8 Å². The van der Waals surface area contributed by atoms with Crippen molar-refractivity contribution in [2.24, 2.45) is 0 Å². The molecule has 0 saturated carbocycles. The third kappa shape index (κ3) is 5.25. The summed E-state index contributed by atoms with van der Waals surface area (Å²) >= 11 is 0. The highest BCUT2D eigenvalue weighted by molar-refractivity contribution is 7.99. The molecule has 10 heteroatoms. The van der Waals surface area contributed by atoms with Crippen LogP contribution in [0.25, 0.3) is 10.9 Å². The van der Waals surface area contributed by atoms with Crippen molar-refractivity contribution in [1.29, 1.82) is 0 Å². The number of benzene rings is 1. The van der Waals surface area contributed by atoms with E-state index < -0.39 is 33.3 Å². The van der Waals surface area contributed by atoms with Crippen LogP contribution >= 0.6 is 0 Å². The highest BCUT2D eigenvalue weighted by Crippen LogP contribution is 2.30. The summed E-state index contributed by atoms with van der Waals surface area (Å²) in [6, 6.07) is 14.9. The highest BCUT2D eigenvalue weighted by Gasteiger charge is 2.25. The topological polar surface area (TPSA) is 123 Å². The summed E-state index contributed by atoms with van der Waals surface area (Å²) in [7, 11) is -1.47. The van der Waals surface area contributed by atoms with Crippen LogP contribution < -0.4 is 5.32 Å². The Balaban J connectivity index is 1.82. The second-order valence-electron chi connectivity index (χ2n) is 9.37. The van der Waals surface area contributed by atoms with Crippen molar-refractivity contribution in [1.82, 2.24) is 19.3 Å². The number of pyridine rings is 2. The number of aliphatic hydroxyl groups is 1. The molecule has 0 radical (unpaired) electrons. The van der Waals surface area contributed by atoms with Gasteiger partial charge in [0.05, 0.1) is 32.2 Å². The Bertz CT molecular complexity index is 1590. The van der Waals surface area contributed by atoms with Gasteiger partial charge in [0.1, 0.15) is 17.4 Å². The van der Waals surface area contributed by atoms with Crippen LogP contribution in [0, 0.1) is 0 Å². The van der Waals surface area contributed by atoms with Crippen molar-refractivity contribution in [3.05, 3.63) is 89.6 Å². The SMILES string of the molecule is C=S(=O)(c1ccccc1)n1ccc2c(C(O)c3cc(C(=O)OC(C)(C)C)cc(C(=O)NC)n3)nccc21. The number of aromatic nitrogens is 3. The predicted octanol–water partition coefficient (Wildman–Crippen LogP) is 3.37. The van der Waals surface area contributed by atoms with Crippen LogP contribution in [0.2, 0.25) is 0 Å². The lowest BCUT2D eigenvalue weighted by Crippen LogP contribution is -2.25. The molecule has 0 fully saturated rings. The first kappa shape index (κ1) is 26.1. The largest absolute Gasteiger partial charge is 0.456 e. The summed E-state index contributed by atoms with van der Waals surface area (Å²) in [6.07, 6.45) is 1.71. The lowest BCUT2D eigenvalue weighted by Gasteiger charge is -2.20. The molecule has 4 aromatic rings. The van der Waals surface area contributed by atoms with Crippen molar-refractivity contribution in [2.45, 2.75) is 37.4 Å². The van der Waals surface area contributed by atoms with Crippen LogP contribution in [0.4, 0.5) is 0 Å². The Kier molecular flexibility index (Phi) is 6.90. The van der Waals surface area contributed by atoms with Crippen molar-refractivity contribution in [3.8, 4) is 0 Å². The van der Waals surface area contributed by atoms with E-state index in [1.807, 2.05) is 6.07 Å². The molecule has 2 atom stereocenters. The number of nitrogens with zero attached hydrogens (tertiary/aromatic N) is 3. The quantitative estimate of drug-likeness (QED) is 0.295. The second-order valence-corrected chi connectivity index (χ2v) is 11.5. The van der Waals surface area contributed by atoms with E-state index in [2.05, 4.69) is 21.2 Å². The molecule has 0 bridgehead atoms. The van der Waals surface area contributed by atoms with Crippen LogP contribution in [0.1, 0.15) is 59.1 Å². The molecule has 1 aromatic carbocycles. The fraction of sp³-hybridized carbons (Fsp3) is 0.222. The molecule has 0 aliphatic heterocycles. The first-order chi connectivity index (χ1) is 17.4. The average molecular weight is 521 g/mol. The monoisotopic (exact) mass is 520 g/mol. The Morgan fingerprint density at radius 3 is 2.49 bits per heavy atom. The Labute approximate surface area is 215 Å². The van der Waals surface area contributed by atoms with Gasteiger partial charge in [-0.25, -0.2) is 14.0 Å². The molecule has 4 rings (SSSR count). The van der Waals surface area contributed by atoms with Crippen LogP contribution in [0.15, 0.2) is 71.9 Å². The third-order valence-electron chi connectivity index (χ3n) is 5.52. The zero-order chi connectivity index (χ0) is 27.0. The standard InChI is InChI=1S/C27H28N4O5S/c1-27(2,3)36-26(34)17-15-20(30-21(16-17)25(33)28-4)24(32)23-19-12-14-31(22(19)11-13-29-23)37(5,35)18-9-7-6-8-10-18/h6-16,24,32H,5H2,1-4H3,(H,28,33). The maximum atomic E-state index is 13.7. The van der Waals surface area contributed by atoms with Crippen LogP contribution in [-0.4, -0.2) is 53.7 Å². The van der Waals surface area contributed by atoms with E-state index in [-0.39, 0.29) is 22.6 Å². The summed E-state index contributed by atoms with van der Waals surface area (Å²) < 4.78 is 20.7.